The van der Waals surface area contributed by atoms with Gasteiger partial charge in [0, 0.05) is 29.8 Å². The number of anilines is 1. The molecule has 0 saturated carbocycles. The van der Waals surface area contributed by atoms with Crippen molar-refractivity contribution in [3.63, 3.8) is 0 Å². The van der Waals surface area contributed by atoms with E-state index in [1.165, 1.54) is 5.56 Å². The molecule has 0 amide bonds. The predicted molar refractivity (Wildman–Crippen MR) is 83.1 cm³/mol. The fourth-order valence-corrected chi connectivity index (χ4v) is 3.41. The molecule has 1 aliphatic rings. The molecule has 0 atom stereocenters. The van der Waals surface area contributed by atoms with Gasteiger partial charge in [-0.05, 0) is 61.3 Å². The van der Waals surface area contributed by atoms with Crippen LogP contribution in [-0.2, 0) is 11.3 Å². The van der Waals surface area contributed by atoms with E-state index in [2.05, 4.69) is 60.7 Å². The second-order valence-corrected chi connectivity index (χ2v) is 7.48. The first-order chi connectivity index (χ1) is 8.67. The van der Waals surface area contributed by atoms with Crippen molar-refractivity contribution in [1.82, 2.24) is 4.90 Å². The van der Waals surface area contributed by atoms with Crippen molar-refractivity contribution < 1.29 is 4.74 Å². The van der Waals surface area contributed by atoms with E-state index >= 15 is 0 Å². The fraction of sp³-hybridized carbons (Fsp3) is 0.600. The van der Waals surface area contributed by atoms with Crippen LogP contribution in [0.4, 0.5) is 5.69 Å². The molecule has 0 spiro atoms. The van der Waals surface area contributed by atoms with Crippen molar-refractivity contribution in [3.05, 3.63) is 28.2 Å². The zero-order chi connectivity index (χ0) is 14.3. The van der Waals surface area contributed by atoms with Gasteiger partial charge in [-0.15, -0.1) is 0 Å². The summed E-state index contributed by atoms with van der Waals surface area (Å²) in [6.45, 7) is 11.4. The molecule has 0 aromatic heterocycles. The van der Waals surface area contributed by atoms with Crippen molar-refractivity contribution in [2.75, 3.05) is 18.8 Å². The number of hydrogen-bond acceptors (Lipinski definition) is 3. The molecule has 0 radical (unpaired) electrons. The zero-order valence-electron chi connectivity index (χ0n) is 12.2. The van der Waals surface area contributed by atoms with Crippen LogP contribution in [0.1, 0.15) is 33.3 Å². The predicted octanol–water partition coefficient (Wildman–Crippen LogP) is 3.42. The maximum atomic E-state index is 6.10. The summed E-state index contributed by atoms with van der Waals surface area (Å²) in [4.78, 5) is 2.45. The van der Waals surface area contributed by atoms with Gasteiger partial charge in [-0.1, -0.05) is 6.07 Å². The Kier molecular flexibility index (Phi) is 3.96. The van der Waals surface area contributed by atoms with Gasteiger partial charge in [0.2, 0.25) is 0 Å². The third kappa shape index (κ3) is 3.94. The van der Waals surface area contributed by atoms with Crippen molar-refractivity contribution in [3.8, 4) is 0 Å². The average molecular weight is 327 g/mol. The highest BCUT2D eigenvalue weighted by atomic mass is 79.9. The highest BCUT2D eigenvalue weighted by Gasteiger charge is 2.37. The zero-order valence-corrected chi connectivity index (χ0v) is 13.8. The lowest BCUT2D eigenvalue weighted by Crippen LogP contribution is -2.56. The van der Waals surface area contributed by atoms with Gasteiger partial charge in [0.15, 0.2) is 0 Å². The SMILES string of the molecule is CC1(C)CN(Cc2ccc(N)c(Br)c2)CC(C)(C)O1. The van der Waals surface area contributed by atoms with Crippen molar-refractivity contribution in [2.24, 2.45) is 0 Å². The molecule has 1 aromatic carbocycles. The van der Waals surface area contributed by atoms with Gasteiger partial charge in [-0.2, -0.15) is 0 Å². The molecule has 2 rings (SSSR count). The van der Waals surface area contributed by atoms with E-state index in [9.17, 15) is 0 Å². The molecule has 0 unspecified atom stereocenters. The summed E-state index contributed by atoms with van der Waals surface area (Å²) in [6, 6.07) is 6.15. The number of benzene rings is 1. The molecule has 2 N–H and O–H groups in total. The monoisotopic (exact) mass is 326 g/mol. The molecular formula is C15H23BrN2O. The van der Waals surface area contributed by atoms with Crippen molar-refractivity contribution >= 4 is 21.6 Å². The Morgan fingerprint density at radius 3 is 2.32 bits per heavy atom. The lowest BCUT2D eigenvalue weighted by molar-refractivity contribution is -0.182. The Morgan fingerprint density at radius 1 is 1.21 bits per heavy atom. The first-order valence-electron chi connectivity index (χ1n) is 6.63. The van der Waals surface area contributed by atoms with Crippen LogP contribution in [0.2, 0.25) is 0 Å². The van der Waals surface area contributed by atoms with Crippen LogP contribution in [-0.4, -0.2) is 29.2 Å². The van der Waals surface area contributed by atoms with Gasteiger partial charge >= 0.3 is 0 Å². The maximum Gasteiger partial charge on any atom is 0.0760 e. The Bertz CT molecular complexity index is 455. The second-order valence-electron chi connectivity index (χ2n) is 6.62. The molecule has 1 heterocycles. The molecule has 3 nitrogen and oxygen atoms in total. The lowest BCUT2D eigenvalue weighted by atomic mass is 9.98. The van der Waals surface area contributed by atoms with Gasteiger partial charge in [0.25, 0.3) is 0 Å². The van der Waals surface area contributed by atoms with Crippen LogP contribution in [0.5, 0.6) is 0 Å². The molecular weight excluding hydrogens is 304 g/mol. The Hall–Kier alpha value is -0.580. The molecule has 19 heavy (non-hydrogen) atoms. The van der Waals surface area contributed by atoms with E-state index in [1.54, 1.807) is 0 Å². The molecule has 1 saturated heterocycles. The number of nitrogens with zero attached hydrogens (tertiary/aromatic N) is 1. The van der Waals surface area contributed by atoms with E-state index in [-0.39, 0.29) is 11.2 Å². The van der Waals surface area contributed by atoms with Crippen molar-refractivity contribution in [1.29, 1.82) is 0 Å². The quantitative estimate of drug-likeness (QED) is 0.846. The number of hydrogen-bond donors (Lipinski definition) is 1. The minimum absolute atomic E-state index is 0.104. The van der Waals surface area contributed by atoms with Crippen LogP contribution in [0.3, 0.4) is 0 Å². The number of rotatable bonds is 2. The first kappa shape index (κ1) is 14.8. The van der Waals surface area contributed by atoms with Gasteiger partial charge < -0.3 is 10.5 Å². The second kappa shape index (κ2) is 5.08. The average Bonchev–Trinajstić information content (AvgIpc) is 2.18. The largest absolute Gasteiger partial charge is 0.398 e. The van der Waals surface area contributed by atoms with Crippen LogP contribution in [0.15, 0.2) is 22.7 Å². The standard InChI is InChI=1S/C15H23BrN2O/c1-14(2)9-18(10-15(3,4)19-14)8-11-5-6-13(17)12(16)7-11/h5-7H,8-10,17H2,1-4H3. The number of nitrogens with two attached hydrogens (primary N) is 1. The van der Waals surface area contributed by atoms with E-state index in [4.69, 9.17) is 10.5 Å². The Morgan fingerprint density at radius 2 is 1.79 bits per heavy atom. The van der Waals surface area contributed by atoms with Crippen LogP contribution in [0, 0.1) is 0 Å². The van der Waals surface area contributed by atoms with Gasteiger partial charge in [-0.25, -0.2) is 0 Å². The van der Waals surface area contributed by atoms with Gasteiger partial charge in [-0.3, -0.25) is 4.90 Å². The van der Waals surface area contributed by atoms with Crippen LogP contribution in [0.25, 0.3) is 0 Å². The third-order valence-electron chi connectivity index (χ3n) is 3.23. The molecule has 1 aliphatic heterocycles. The van der Waals surface area contributed by atoms with E-state index in [0.29, 0.717) is 0 Å². The normalized spacial score (nSPS) is 22.4. The minimum Gasteiger partial charge on any atom is -0.398 e. The number of morpholine rings is 1. The molecule has 1 aromatic rings. The summed E-state index contributed by atoms with van der Waals surface area (Å²) in [7, 11) is 0. The molecule has 0 bridgehead atoms. The lowest BCUT2D eigenvalue weighted by Gasteiger charge is -2.47. The Labute approximate surface area is 124 Å². The summed E-state index contributed by atoms with van der Waals surface area (Å²) < 4.78 is 7.07. The summed E-state index contributed by atoms with van der Waals surface area (Å²) >= 11 is 3.49. The van der Waals surface area contributed by atoms with Gasteiger partial charge in [0.05, 0.1) is 11.2 Å². The first-order valence-corrected chi connectivity index (χ1v) is 7.43. The Balaban J connectivity index is 2.11. The van der Waals surface area contributed by atoms with Crippen LogP contribution >= 0.6 is 15.9 Å². The topological polar surface area (TPSA) is 38.5 Å². The smallest absolute Gasteiger partial charge is 0.0760 e. The summed E-state index contributed by atoms with van der Waals surface area (Å²) in [5, 5.41) is 0. The van der Waals surface area contributed by atoms with Gasteiger partial charge in [0.1, 0.15) is 0 Å². The highest BCUT2D eigenvalue weighted by molar-refractivity contribution is 9.10. The van der Waals surface area contributed by atoms with E-state index in [0.717, 1.165) is 29.8 Å². The minimum atomic E-state index is -0.104. The summed E-state index contributed by atoms with van der Waals surface area (Å²) in [5.74, 6) is 0. The number of halogens is 1. The highest BCUT2D eigenvalue weighted by Crippen LogP contribution is 2.29. The number of nitrogen functional groups attached to an aromatic ring is 1. The summed E-state index contributed by atoms with van der Waals surface area (Å²) in [5.41, 5.74) is 7.68. The molecule has 4 heteroatoms. The third-order valence-corrected chi connectivity index (χ3v) is 3.92. The van der Waals surface area contributed by atoms with Crippen LogP contribution < -0.4 is 5.73 Å². The molecule has 0 aliphatic carbocycles. The molecule has 1 fully saturated rings. The maximum absolute atomic E-state index is 6.10. The number of ether oxygens (including phenoxy) is 1. The fourth-order valence-electron chi connectivity index (χ4n) is 2.98. The van der Waals surface area contributed by atoms with Crippen molar-refractivity contribution in [2.45, 2.75) is 45.4 Å². The molecule has 106 valence electrons. The van der Waals surface area contributed by atoms with E-state index in [1.807, 2.05) is 6.07 Å². The van der Waals surface area contributed by atoms with E-state index < -0.39 is 0 Å². The summed E-state index contributed by atoms with van der Waals surface area (Å²) in [6.07, 6.45) is 0.